The third-order valence-corrected chi connectivity index (χ3v) is 5.42. The van der Waals surface area contributed by atoms with E-state index >= 15 is 0 Å². The molecule has 1 aliphatic heterocycles. The summed E-state index contributed by atoms with van der Waals surface area (Å²) >= 11 is 0. The topological polar surface area (TPSA) is 45.7 Å². The van der Waals surface area contributed by atoms with Gasteiger partial charge >= 0.3 is 0 Å². The summed E-state index contributed by atoms with van der Waals surface area (Å²) in [5.74, 6) is 1.34. The standard InChI is InChI=1S/C24H24FN3O2/c1-17-16-22(26-24-20(17)4-3-5-21(24)30-2)27-12-14-28(15-13-27)23(29)11-8-18-6-9-19(25)10-7-18/h3-11,16H,12-15H2,1-2H3/b11-8+. The maximum absolute atomic E-state index is 13.0. The van der Waals surface area contributed by atoms with Gasteiger partial charge in [-0.05, 0) is 48.4 Å². The molecule has 0 aliphatic carbocycles. The summed E-state index contributed by atoms with van der Waals surface area (Å²) in [6, 6.07) is 14.1. The second-order valence-electron chi connectivity index (χ2n) is 7.35. The Balaban J connectivity index is 1.44. The first-order valence-corrected chi connectivity index (χ1v) is 9.97. The molecule has 6 heteroatoms. The summed E-state index contributed by atoms with van der Waals surface area (Å²) in [6.45, 7) is 4.74. The first-order valence-electron chi connectivity index (χ1n) is 9.97. The van der Waals surface area contributed by atoms with Crippen LogP contribution < -0.4 is 9.64 Å². The van der Waals surface area contributed by atoms with Gasteiger partial charge in [0.2, 0.25) is 5.91 Å². The number of rotatable bonds is 4. The number of ether oxygens (including phenoxy) is 1. The zero-order valence-corrected chi connectivity index (χ0v) is 17.1. The Hall–Kier alpha value is -3.41. The van der Waals surface area contributed by atoms with Crippen molar-refractivity contribution in [3.63, 3.8) is 0 Å². The largest absolute Gasteiger partial charge is 0.494 e. The Morgan fingerprint density at radius 2 is 1.83 bits per heavy atom. The van der Waals surface area contributed by atoms with Crippen molar-refractivity contribution in [1.82, 2.24) is 9.88 Å². The molecule has 4 rings (SSSR count). The highest BCUT2D eigenvalue weighted by Crippen LogP contribution is 2.29. The zero-order valence-electron chi connectivity index (χ0n) is 17.1. The van der Waals surface area contributed by atoms with Crippen LogP contribution in [-0.2, 0) is 4.79 Å². The fraction of sp³-hybridized carbons (Fsp3) is 0.250. The van der Waals surface area contributed by atoms with Crippen molar-refractivity contribution in [2.75, 3.05) is 38.2 Å². The Labute approximate surface area is 175 Å². The molecule has 0 unspecified atom stereocenters. The van der Waals surface area contributed by atoms with Crippen LogP contribution in [0.15, 0.2) is 54.6 Å². The molecule has 0 spiro atoms. The summed E-state index contributed by atoms with van der Waals surface area (Å²) in [4.78, 5) is 21.4. The lowest BCUT2D eigenvalue weighted by Crippen LogP contribution is -2.48. The lowest BCUT2D eigenvalue weighted by Gasteiger charge is -2.35. The summed E-state index contributed by atoms with van der Waals surface area (Å²) < 4.78 is 18.5. The van der Waals surface area contributed by atoms with Crippen molar-refractivity contribution < 1.29 is 13.9 Å². The predicted molar refractivity (Wildman–Crippen MR) is 117 cm³/mol. The number of methoxy groups -OCH3 is 1. The van der Waals surface area contributed by atoms with E-state index in [4.69, 9.17) is 9.72 Å². The Bertz CT molecular complexity index is 1090. The number of aryl methyl sites for hydroxylation is 1. The van der Waals surface area contributed by atoms with Gasteiger partial charge in [-0.2, -0.15) is 0 Å². The Morgan fingerprint density at radius 3 is 2.53 bits per heavy atom. The van der Waals surface area contributed by atoms with E-state index in [1.165, 1.54) is 12.1 Å². The number of aromatic nitrogens is 1. The molecule has 3 aromatic rings. The molecule has 1 amide bonds. The smallest absolute Gasteiger partial charge is 0.246 e. The van der Waals surface area contributed by atoms with Gasteiger partial charge in [-0.25, -0.2) is 9.37 Å². The van der Waals surface area contributed by atoms with E-state index in [0.29, 0.717) is 26.2 Å². The number of benzene rings is 2. The first kappa shape index (κ1) is 19.9. The Morgan fingerprint density at radius 1 is 1.10 bits per heavy atom. The summed E-state index contributed by atoms with van der Waals surface area (Å²) in [5.41, 5.74) is 2.80. The van der Waals surface area contributed by atoms with E-state index in [1.54, 1.807) is 31.4 Å². The van der Waals surface area contributed by atoms with E-state index in [9.17, 15) is 9.18 Å². The van der Waals surface area contributed by atoms with Gasteiger partial charge in [0, 0.05) is 37.6 Å². The van der Waals surface area contributed by atoms with Crippen LogP contribution >= 0.6 is 0 Å². The van der Waals surface area contributed by atoms with Crippen LogP contribution in [0.4, 0.5) is 10.2 Å². The SMILES string of the molecule is COc1cccc2c(C)cc(N3CCN(C(=O)/C=C/c4ccc(F)cc4)CC3)nc12. The lowest BCUT2D eigenvalue weighted by atomic mass is 10.1. The van der Waals surface area contributed by atoms with Gasteiger partial charge in [0.15, 0.2) is 0 Å². The highest BCUT2D eigenvalue weighted by molar-refractivity contribution is 5.92. The van der Waals surface area contributed by atoms with Crippen LogP contribution in [0, 0.1) is 12.7 Å². The number of anilines is 1. The Kier molecular flexibility index (Phi) is 5.65. The van der Waals surface area contributed by atoms with Crippen LogP contribution in [0.25, 0.3) is 17.0 Å². The number of fused-ring (bicyclic) bond motifs is 1. The molecular formula is C24H24FN3O2. The summed E-state index contributed by atoms with van der Waals surface area (Å²) in [7, 11) is 1.66. The van der Waals surface area contributed by atoms with Gasteiger partial charge in [-0.3, -0.25) is 4.79 Å². The number of hydrogen-bond acceptors (Lipinski definition) is 4. The fourth-order valence-corrected chi connectivity index (χ4v) is 3.70. The number of hydrogen-bond donors (Lipinski definition) is 0. The molecule has 0 radical (unpaired) electrons. The minimum atomic E-state index is -0.287. The second-order valence-corrected chi connectivity index (χ2v) is 7.35. The molecule has 30 heavy (non-hydrogen) atoms. The molecule has 5 nitrogen and oxygen atoms in total. The number of nitrogens with zero attached hydrogens (tertiary/aromatic N) is 3. The van der Waals surface area contributed by atoms with Crippen LogP contribution in [0.5, 0.6) is 5.75 Å². The van der Waals surface area contributed by atoms with Crippen LogP contribution in [0.1, 0.15) is 11.1 Å². The molecular weight excluding hydrogens is 381 g/mol. The highest BCUT2D eigenvalue weighted by Gasteiger charge is 2.21. The van der Waals surface area contributed by atoms with Crippen molar-refractivity contribution in [3.8, 4) is 5.75 Å². The van der Waals surface area contributed by atoms with Gasteiger partial charge < -0.3 is 14.5 Å². The number of para-hydroxylation sites is 1. The molecule has 2 aromatic carbocycles. The van der Waals surface area contributed by atoms with Gasteiger partial charge in [0.25, 0.3) is 0 Å². The quantitative estimate of drug-likeness (QED) is 0.615. The van der Waals surface area contributed by atoms with Crippen molar-refractivity contribution >= 4 is 28.7 Å². The average molecular weight is 405 g/mol. The second kappa shape index (κ2) is 8.53. The van der Waals surface area contributed by atoms with E-state index in [-0.39, 0.29) is 11.7 Å². The monoisotopic (exact) mass is 405 g/mol. The van der Waals surface area contributed by atoms with E-state index < -0.39 is 0 Å². The van der Waals surface area contributed by atoms with Gasteiger partial charge in [-0.15, -0.1) is 0 Å². The van der Waals surface area contributed by atoms with Crippen LogP contribution in [-0.4, -0.2) is 49.1 Å². The molecule has 154 valence electrons. The van der Waals surface area contributed by atoms with Gasteiger partial charge in [0.05, 0.1) is 7.11 Å². The third kappa shape index (κ3) is 4.13. The number of carbonyl (C=O) groups excluding carboxylic acids is 1. The number of piperazine rings is 1. The van der Waals surface area contributed by atoms with Crippen LogP contribution in [0.2, 0.25) is 0 Å². The van der Waals surface area contributed by atoms with E-state index in [2.05, 4.69) is 17.9 Å². The minimum Gasteiger partial charge on any atom is -0.494 e. The highest BCUT2D eigenvalue weighted by atomic mass is 19.1. The minimum absolute atomic E-state index is 0.0386. The van der Waals surface area contributed by atoms with Gasteiger partial charge in [0.1, 0.15) is 22.9 Å². The fourth-order valence-electron chi connectivity index (χ4n) is 3.70. The molecule has 0 saturated carbocycles. The van der Waals surface area contributed by atoms with E-state index in [0.717, 1.165) is 33.6 Å². The maximum atomic E-state index is 13.0. The molecule has 1 aromatic heterocycles. The molecule has 2 heterocycles. The van der Waals surface area contributed by atoms with Crippen molar-refractivity contribution in [2.45, 2.75) is 6.92 Å². The number of carbonyl (C=O) groups is 1. The van der Waals surface area contributed by atoms with Crippen LogP contribution in [0.3, 0.4) is 0 Å². The summed E-state index contributed by atoms with van der Waals surface area (Å²) in [6.07, 6.45) is 3.26. The molecule has 1 aliphatic rings. The van der Waals surface area contributed by atoms with Crippen molar-refractivity contribution in [3.05, 3.63) is 71.6 Å². The van der Waals surface area contributed by atoms with Crippen molar-refractivity contribution in [2.24, 2.45) is 0 Å². The molecule has 0 N–H and O–H groups in total. The number of halogens is 1. The summed E-state index contributed by atoms with van der Waals surface area (Å²) in [5, 5.41) is 1.08. The number of amides is 1. The first-order chi connectivity index (χ1) is 14.5. The lowest BCUT2D eigenvalue weighted by molar-refractivity contribution is -0.126. The van der Waals surface area contributed by atoms with Gasteiger partial charge in [-0.1, -0.05) is 24.3 Å². The molecule has 0 atom stereocenters. The van der Waals surface area contributed by atoms with E-state index in [1.807, 2.05) is 23.1 Å². The van der Waals surface area contributed by atoms with Crippen molar-refractivity contribution in [1.29, 1.82) is 0 Å². The third-order valence-electron chi connectivity index (χ3n) is 5.42. The molecule has 1 fully saturated rings. The predicted octanol–water partition coefficient (Wildman–Crippen LogP) is 4.05. The molecule has 0 bridgehead atoms. The molecule has 1 saturated heterocycles. The maximum Gasteiger partial charge on any atom is 0.246 e. The average Bonchev–Trinajstić information content (AvgIpc) is 2.78. The number of pyridine rings is 1. The zero-order chi connectivity index (χ0) is 21.1. The normalized spacial score (nSPS) is 14.5.